The largest absolute Gasteiger partial charge is 0.489 e. The fraction of sp³-hybridized carbons (Fsp3) is 0.192. The summed E-state index contributed by atoms with van der Waals surface area (Å²) in [6, 6.07) is 23.4. The molecule has 0 unspecified atom stereocenters. The van der Waals surface area contributed by atoms with Gasteiger partial charge >= 0.3 is 5.97 Å². The van der Waals surface area contributed by atoms with Crippen molar-refractivity contribution in [1.82, 2.24) is 14.8 Å². The first-order valence-corrected chi connectivity index (χ1v) is 10.9. The van der Waals surface area contributed by atoms with Crippen LogP contribution in [0.1, 0.15) is 23.0 Å². The van der Waals surface area contributed by atoms with Gasteiger partial charge in [-0.1, -0.05) is 42.5 Å². The van der Waals surface area contributed by atoms with E-state index in [0.717, 1.165) is 28.1 Å². The van der Waals surface area contributed by atoms with Gasteiger partial charge in [0.25, 0.3) is 0 Å². The number of benzene rings is 2. The summed E-state index contributed by atoms with van der Waals surface area (Å²) in [7, 11) is 0. The second kappa shape index (κ2) is 10.6. The molecule has 0 aliphatic rings. The van der Waals surface area contributed by atoms with Crippen LogP contribution in [0, 0.1) is 0 Å². The Morgan fingerprint density at radius 3 is 2.58 bits per heavy atom. The van der Waals surface area contributed by atoms with E-state index in [4.69, 9.17) is 15.2 Å². The fourth-order valence-corrected chi connectivity index (χ4v) is 3.45. The predicted octanol–water partition coefficient (Wildman–Crippen LogP) is 4.33. The van der Waals surface area contributed by atoms with Crippen molar-refractivity contribution < 1.29 is 14.3 Å². The van der Waals surface area contributed by atoms with Gasteiger partial charge in [-0.3, -0.25) is 9.67 Å². The van der Waals surface area contributed by atoms with Crippen LogP contribution >= 0.6 is 0 Å². The lowest BCUT2D eigenvalue weighted by molar-refractivity contribution is 0.0512. The molecule has 0 aliphatic heterocycles. The smallest absolute Gasteiger partial charge is 0.356 e. The highest BCUT2D eigenvalue weighted by Crippen LogP contribution is 2.27. The molecule has 2 aromatic heterocycles. The van der Waals surface area contributed by atoms with Gasteiger partial charge in [0.1, 0.15) is 18.1 Å². The number of aromatic nitrogens is 3. The number of nitrogens with two attached hydrogens (primary N) is 1. The van der Waals surface area contributed by atoms with Crippen molar-refractivity contribution in [2.75, 3.05) is 13.2 Å². The Hall–Kier alpha value is -3.97. The average Bonchev–Trinajstić information content (AvgIpc) is 3.28. The normalized spacial score (nSPS) is 10.7. The summed E-state index contributed by atoms with van der Waals surface area (Å²) in [6.07, 6.45) is 1.73. The number of nitrogens with zero attached hydrogens (tertiary/aromatic N) is 3. The number of rotatable bonds is 9. The minimum absolute atomic E-state index is 0.296. The SMILES string of the molecule is CCOC(=O)c1cc(-c2ccnc(-c3cccc(OCc4ccccc4)c3)c2)nn1CCN. The molecule has 0 amide bonds. The lowest BCUT2D eigenvalue weighted by atomic mass is 10.1. The summed E-state index contributed by atoms with van der Waals surface area (Å²) in [6.45, 7) is 3.35. The Kier molecular flexibility index (Phi) is 7.12. The number of hydrogen-bond acceptors (Lipinski definition) is 6. The van der Waals surface area contributed by atoms with E-state index in [1.54, 1.807) is 23.9 Å². The molecule has 4 aromatic rings. The third kappa shape index (κ3) is 5.45. The fourth-order valence-electron chi connectivity index (χ4n) is 3.45. The predicted molar refractivity (Wildman–Crippen MR) is 127 cm³/mol. The zero-order valence-corrected chi connectivity index (χ0v) is 18.5. The van der Waals surface area contributed by atoms with Crippen molar-refractivity contribution in [3.05, 3.63) is 90.3 Å². The summed E-state index contributed by atoms with van der Waals surface area (Å²) in [5.74, 6) is 0.350. The monoisotopic (exact) mass is 442 g/mol. The van der Waals surface area contributed by atoms with Crippen molar-refractivity contribution in [3.63, 3.8) is 0 Å². The first-order chi connectivity index (χ1) is 16.2. The van der Waals surface area contributed by atoms with Gasteiger partial charge in [-0.15, -0.1) is 0 Å². The van der Waals surface area contributed by atoms with E-state index in [1.807, 2.05) is 66.7 Å². The van der Waals surface area contributed by atoms with Gasteiger partial charge < -0.3 is 15.2 Å². The molecule has 0 spiro atoms. The summed E-state index contributed by atoms with van der Waals surface area (Å²) in [4.78, 5) is 16.8. The molecule has 33 heavy (non-hydrogen) atoms. The van der Waals surface area contributed by atoms with E-state index in [9.17, 15) is 4.79 Å². The maximum Gasteiger partial charge on any atom is 0.356 e. The van der Waals surface area contributed by atoms with Gasteiger partial charge in [-0.25, -0.2) is 4.79 Å². The van der Waals surface area contributed by atoms with Crippen LogP contribution in [0.5, 0.6) is 5.75 Å². The van der Waals surface area contributed by atoms with Gasteiger partial charge in [0, 0.05) is 23.9 Å². The first kappa shape index (κ1) is 22.2. The van der Waals surface area contributed by atoms with Crippen molar-refractivity contribution in [3.8, 4) is 28.3 Å². The minimum atomic E-state index is -0.415. The van der Waals surface area contributed by atoms with Crippen LogP contribution in [-0.4, -0.2) is 33.9 Å². The summed E-state index contributed by atoms with van der Waals surface area (Å²) >= 11 is 0. The number of carbonyl (C=O) groups is 1. The van der Waals surface area contributed by atoms with Gasteiger partial charge in [0.2, 0.25) is 0 Å². The molecule has 0 atom stereocenters. The molecule has 4 rings (SSSR count). The van der Waals surface area contributed by atoms with Gasteiger partial charge in [-0.05, 0) is 42.8 Å². The molecular weight excluding hydrogens is 416 g/mol. The van der Waals surface area contributed by atoms with E-state index >= 15 is 0 Å². The van der Waals surface area contributed by atoms with Crippen molar-refractivity contribution >= 4 is 5.97 Å². The highest BCUT2D eigenvalue weighted by Gasteiger charge is 2.17. The van der Waals surface area contributed by atoms with E-state index in [2.05, 4.69) is 10.1 Å². The van der Waals surface area contributed by atoms with Crippen LogP contribution < -0.4 is 10.5 Å². The lowest BCUT2D eigenvalue weighted by Gasteiger charge is -2.09. The van der Waals surface area contributed by atoms with Crippen LogP contribution in [0.3, 0.4) is 0 Å². The van der Waals surface area contributed by atoms with Gasteiger partial charge in [0.15, 0.2) is 0 Å². The Balaban J connectivity index is 1.58. The zero-order valence-electron chi connectivity index (χ0n) is 18.5. The third-order valence-corrected chi connectivity index (χ3v) is 5.04. The Morgan fingerprint density at radius 2 is 1.79 bits per heavy atom. The lowest BCUT2D eigenvalue weighted by Crippen LogP contribution is -2.17. The van der Waals surface area contributed by atoms with Crippen molar-refractivity contribution in [1.29, 1.82) is 0 Å². The van der Waals surface area contributed by atoms with Crippen LogP contribution in [0.15, 0.2) is 79.0 Å². The number of hydrogen-bond donors (Lipinski definition) is 1. The van der Waals surface area contributed by atoms with Crippen LogP contribution in [0.25, 0.3) is 22.5 Å². The molecule has 0 saturated carbocycles. The molecule has 2 aromatic carbocycles. The number of ether oxygens (including phenoxy) is 2. The van der Waals surface area contributed by atoms with Crippen LogP contribution in [0.2, 0.25) is 0 Å². The molecule has 0 bridgehead atoms. The molecule has 0 aliphatic carbocycles. The Labute approximate surface area is 192 Å². The highest BCUT2D eigenvalue weighted by atomic mass is 16.5. The molecule has 2 heterocycles. The summed E-state index contributed by atoms with van der Waals surface area (Å²) in [5.41, 5.74) is 10.4. The number of carbonyl (C=O) groups excluding carboxylic acids is 1. The second-order valence-corrected chi connectivity index (χ2v) is 7.38. The highest BCUT2D eigenvalue weighted by molar-refractivity contribution is 5.89. The molecule has 168 valence electrons. The van der Waals surface area contributed by atoms with Gasteiger partial charge in [0.05, 0.1) is 24.5 Å². The standard InChI is InChI=1S/C26H26N4O3/c1-2-32-26(31)25-17-24(29-30(25)14-12-27)21-11-13-28-23(16-21)20-9-6-10-22(15-20)33-18-19-7-4-3-5-8-19/h3-11,13,15-17H,2,12,14,18,27H2,1H3. The molecule has 7 nitrogen and oxygen atoms in total. The Morgan fingerprint density at radius 1 is 0.970 bits per heavy atom. The van der Waals surface area contributed by atoms with Crippen molar-refractivity contribution in [2.24, 2.45) is 5.73 Å². The van der Waals surface area contributed by atoms with Gasteiger partial charge in [-0.2, -0.15) is 5.10 Å². The maximum absolute atomic E-state index is 12.3. The summed E-state index contributed by atoms with van der Waals surface area (Å²) < 4.78 is 12.7. The molecule has 7 heteroatoms. The van der Waals surface area contributed by atoms with Crippen LogP contribution in [0.4, 0.5) is 0 Å². The first-order valence-electron chi connectivity index (χ1n) is 10.9. The minimum Gasteiger partial charge on any atom is -0.489 e. The zero-order chi connectivity index (χ0) is 23.0. The Bertz CT molecular complexity index is 1220. The topological polar surface area (TPSA) is 92.3 Å². The van der Waals surface area contributed by atoms with Crippen molar-refractivity contribution in [2.45, 2.75) is 20.1 Å². The van der Waals surface area contributed by atoms with E-state index in [1.165, 1.54) is 0 Å². The van der Waals surface area contributed by atoms with E-state index < -0.39 is 5.97 Å². The summed E-state index contributed by atoms with van der Waals surface area (Å²) in [5, 5.41) is 4.57. The molecule has 2 N–H and O–H groups in total. The third-order valence-electron chi connectivity index (χ3n) is 5.04. The molecule has 0 radical (unpaired) electrons. The number of esters is 1. The second-order valence-electron chi connectivity index (χ2n) is 7.38. The average molecular weight is 443 g/mol. The van der Waals surface area contributed by atoms with E-state index in [0.29, 0.717) is 37.7 Å². The molecule has 0 fully saturated rings. The quantitative estimate of drug-likeness (QED) is 0.388. The molecule has 0 saturated heterocycles. The van der Waals surface area contributed by atoms with E-state index in [-0.39, 0.29) is 0 Å². The maximum atomic E-state index is 12.3. The number of pyridine rings is 1. The molecular formula is C26H26N4O3. The van der Waals surface area contributed by atoms with Crippen LogP contribution in [-0.2, 0) is 17.9 Å².